The number of nitrogens with zero attached hydrogens (tertiary/aromatic N) is 2. The van der Waals surface area contributed by atoms with Gasteiger partial charge in [-0.25, -0.2) is 4.98 Å². The number of benzene rings is 1. The summed E-state index contributed by atoms with van der Waals surface area (Å²) < 4.78 is 0. The third-order valence-corrected chi connectivity index (χ3v) is 4.73. The van der Waals surface area contributed by atoms with Crippen LogP contribution in [-0.2, 0) is 11.2 Å². The SMILES string of the molecule is CCCN(C(=O)CCCc1nc2ccccc2c(=O)[nH]1)C1CCNC1.Cl. The summed E-state index contributed by atoms with van der Waals surface area (Å²) in [6.45, 7) is 4.80. The van der Waals surface area contributed by atoms with Gasteiger partial charge in [0.25, 0.3) is 5.56 Å². The van der Waals surface area contributed by atoms with E-state index >= 15 is 0 Å². The molecular weight excluding hydrogens is 352 g/mol. The van der Waals surface area contributed by atoms with E-state index < -0.39 is 0 Å². The van der Waals surface area contributed by atoms with Crippen LogP contribution in [0.3, 0.4) is 0 Å². The molecule has 0 aliphatic carbocycles. The Labute approximate surface area is 159 Å². The molecule has 2 aromatic rings. The Kier molecular flexibility index (Phi) is 7.60. The highest BCUT2D eigenvalue weighted by Crippen LogP contribution is 2.13. The molecule has 0 saturated carbocycles. The molecule has 142 valence electrons. The second-order valence-corrected chi connectivity index (χ2v) is 6.62. The summed E-state index contributed by atoms with van der Waals surface area (Å²) in [5.74, 6) is 0.861. The summed E-state index contributed by atoms with van der Waals surface area (Å²) in [5.41, 5.74) is 0.591. The predicted octanol–water partition coefficient (Wildman–Crippen LogP) is 2.27. The monoisotopic (exact) mass is 378 g/mol. The van der Waals surface area contributed by atoms with Crippen molar-refractivity contribution < 1.29 is 4.79 Å². The molecule has 0 spiro atoms. The minimum atomic E-state index is -0.114. The lowest BCUT2D eigenvalue weighted by Crippen LogP contribution is -2.42. The number of H-pyrrole nitrogens is 1. The van der Waals surface area contributed by atoms with Crippen molar-refractivity contribution in [2.24, 2.45) is 0 Å². The molecule has 1 saturated heterocycles. The van der Waals surface area contributed by atoms with Gasteiger partial charge in [0.1, 0.15) is 5.82 Å². The number of amides is 1. The summed E-state index contributed by atoms with van der Waals surface area (Å²) >= 11 is 0. The number of carbonyl (C=O) groups is 1. The van der Waals surface area contributed by atoms with Gasteiger partial charge in [0, 0.05) is 32.0 Å². The Morgan fingerprint density at radius 2 is 2.15 bits per heavy atom. The minimum Gasteiger partial charge on any atom is -0.338 e. The van der Waals surface area contributed by atoms with Gasteiger partial charge in [-0.05, 0) is 37.9 Å². The summed E-state index contributed by atoms with van der Waals surface area (Å²) in [6.07, 6.45) is 3.80. The highest BCUT2D eigenvalue weighted by molar-refractivity contribution is 5.85. The van der Waals surface area contributed by atoms with Gasteiger partial charge in [0.05, 0.1) is 10.9 Å². The third kappa shape index (κ3) is 4.83. The first-order valence-corrected chi connectivity index (χ1v) is 9.17. The Bertz CT molecular complexity index is 786. The fourth-order valence-electron chi connectivity index (χ4n) is 3.46. The molecule has 1 amide bonds. The van der Waals surface area contributed by atoms with Gasteiger partial charge in [-0.15, -0.1) is 12.4 Å². The van der Waals surface area contributed by atoms with Crippen LogP contribution in [0.25, 0.3) is 10.9 Å². The van der Waals surface area contributed by atoms with Gasteiger partial charge in [0.2, 0.25) is 5.91 Å². The standard InChI is InChI=1S/C19H26N4O2.ClH/c1-2-12-23(14-10-11-20-13-14)18(24)9-5-8-17-21-16-7-4-3-6-15(16)19(25)22-17;/h3-4,6-7,14,20H,2,5,8-13H2,1H3,(H,21,22,25);1H. The van der Waals surface area contributed by atoms with Gasteiger partial charge in [-0.2, -0.15) is 0 Å². The Morgan fingerprint density at radius 3 is 2.88 bits per heavy atom. The average Bonchev–Trinajstić information content (AvgIpc) is 3.14. The smallest absolute Gasteiger partial charge is 0.258 e. The quantitative estimate of drug-likeness (QED) is 0.774. The van der Waals surface area contributed by atoms with E-state index in [2.05, 4.69) is 22.2 Å². The predicted molar refractivity (Wildman–Crippen MR) is 106 cm³/mol. The van der Waals surface area contributed by atoms with Crippen LogP contribution in [0, 0.1) is 0 Å². The molecule has 26 heavy (non-hydrogen) atoms. The van der Waals surface area contributed by atoms with Crippen molar-refractivity contribution in [2.75, 3.05) is 19.6 Å². The molecule has 2 heterocycles. The van der Waals surface area contributed by atoms with Crippen molar-refractivity contribution in [3.63, 3.8) is 0 Å². The van der Waals surface area contributed by atoms with E-state index in [1.54, 1.807) is 6.07 Å². The zero-order valence-electron chi connectivity index (χ0n) is 15.2. The first-order chi connectivity index (χ1) is 12.2. The maximum Gasteiger partial charge on any atom is 0.258 e. The number of para-hydroxylation sites is 1. The number of hydrogen-bond acceptors (Lipinski definition) is 4. The zero-order valence-corrected chi connectivity index (χ0v) is 16.0. The first-order valence-electron chi connectivity index (χ1n) is 9.17. The summed E-state index contributed by atoms with van der Waals surface area (Å²) in [7, 11) is 0. The van der Waals surface area contributed by atoms with Gasteiger partial charge in [-0.3, -0.25) is 9.59 Å². The number of aromatic nitrogens is 2. The zero-order chi connectivity index (χ0) is 17.6. The van der Waals surface area contributed by atoms with E-state index in [1.165, 1.54) is 0 Å². The van der Waals surface area contributed by atoms with E-state index in [9.17, 15) is 9.59 Å². The van der Waals surface area contributed by atoms with Crippen molar-refractivity contribution in [1.29, 1.82) is 0 Å². The van der Waals surface area contributed by atoms with Crippen LogP contribution in [0.5, 0.6) is 0 Å². The van der Waals surface area contributed by atoms with Crippen LogP contribution in [0.1, 0.15) is 38.4 Å². The van der Waals surface area contributed by atoms with Crippen LogP contribution in [0.4, 0.5) is 0 Å². The molecule has 2 N–H and O–H groups in total. The van der Waals surface area contributed by atoms with Gasteiger partial charge < -0.3 is 15.2 Å². The molecule has 1 atom stereocenters. The summed E-state index contributed by atoms with van der Waals surface area (Å²) in [6, 6.07) is 7.64. The Hall–Kier alpha value is -1.92. The van der Waals surface area contributed by atoms with E-state index in [0.717, 1.165) is 32.5 Å². The number of fused-ring (bicyclic) bond motifs is 1. The molecular formula is C19H27ClN4O2. The molecule has 3 rings (SSSR count). The fourth-order valence-corrected chi connectivity index (χ4v) is 3.46. The van der Waals surface area contributed by atoms with E-state index in [1.807, 2.05) is 23.1 Å². The average molecular weight is 379 g/mol. The second-order valence-electron chi connectivity index (χ2n) is 6.62. The van der Waals surface area contributed by atoms with Gasteiger partial charge in [0.15, 0.2) is 0 Å². The van der Waals surface area contributed by atoms with Crippen molar-refractivity contribution in [1.82, 2.24) is 20.2 Å². The van der Waals surface area contributed by atoms with Gasteiger partial charge >= 0.3 is 0 Å². The van der Waals surface area contributed by atoms with Crippen molar-refractivity contribution >= 4 is 29.2 Å². The number of hydrogen-bond donors (Lipinski definition) is 2. The van der Waals surface area contributed by atoms with E-state index in [-0.39, 0.29) is 23.9 Å². The number of aryl methyl sites for hydroxylation is 1. The summed E-state index contributed by atoms with van der Waals surface area (Å²) in [4.78, 5) is 34.0. The molecule has 1 fully saturated rings. The van der Waals surface area contributed by atoms with Crippen molar-refractivity contribution in [3.8, 4) is 0 Å². The maximum absolute atomic E-state index is 12.6. The van der Waals surface area contributed by atoms with Crippen LogP contribution in [0.2, 0.25) is 0 Å². The largest absolute Gasteiger partial charge is 0.338 e. The lowest BCUT2D eigenvalue weighted by atomic mass is 10.1. The molecule has 0 bridgehead atoms. The lowest BCUT2D eigenvalue weighted by molar-refractivity contribution is -0.133. The number of aromatic amines is 1. The molecule has 1 aliphatic rings. The number of rotatable bonds is 7. The highest BCUT2D eigenvalue weighted by Gasteiger charge is 2.25. The topological polar surface area (TPSA) is 78.1 Å². The molecule has 1 aromatic heterocycles. The van der Waals surface area contributed by atoms with E-state index in [4.69, 9.17) is 0 Å². The van der Waals surface area contributed by atoms with Crippen LogP contribution < -0.4 is 10.9 Å². The molecule has 6 nitrogen and oxygen atoms in total. The van der Waals surface area contributed by atoms with Crippen LogP contribution >= 0.6 is 12.4 Å². The Morgan fingerprint density at radius 1 is 1.35 bits per heavy atom. The Balaban J connectivity index is 0.00000243. The highest BCUT2D eigenvalue weighted by atomic mass is 35.5. The number of carbonyl (C=O) groups excluding carboxylic acids is 1. The normalized spacial score (nSPS) is 16.4. The van der Waals surface area contributed by atoms with E-state index in [0.29, 0.717) is 42.0 Å². The number of nitrogens with one attached hydrogen (secondary N) is 2. The molecule has 1 aromatic carbocycles. The summed E-state index contributed by atoms with van der Waals surface area (Å²) in [5, 5.41) is 3.93. The molecule has 1 unspecified atom stereocenters. The number of halogens is 1. The van der Waals surface area contributed by atoms with Crippen LogP contribution in [0.15, 0.2) is 29.1 Å². The van der Waals surface area contributed by atoms with Crippen molar-refractivity contribution in [2.45, 2.75) is 45.1 Å². The van der Waals surface area contributed by atoms with Gasteiger partial charge in [-0.1, -0.05) is 19.1 Å². The second kappa shape index (κ2) is 9.69. The maximum atomic E-state index is 12.6. The van der Waals surface area contributed by atoms with Crippen LogP contribution in [-0.4, -0.2) is 46.5 Å². The molecule has 0 radical (unpaired) electrons. The minimum absolute atomic E-state index is 0. The first kappa shape index (κ1) is 20.4. The van der Waals surface area contributed by atoms with Crippen molar-refractivity contribution in [3.05, 3.63) is 40.4 Å². The fraction of sp³-hybridized carbons (Fsp3) is 0.526. The third-order valence-electron chi connectivity index (χ3n) is 4.73. The molecule has 7 heteroatoms. The lowest BCUT2D eigenvalue weighted by Gasteiger charge is -2.28. The molecule has 1 aliphatic heterocycles.